The van der Waals surface area contributed by atoms with E-state index in [-0.39, 0.29) is 109 Å². The molecule has 2 aliphatic heterocycles. The summed E-state index contributed by atoms with van der Waals surface area (Å²) in [6, 6.07) is -28.6. The summed E-state index contributed by atoms with van der Waals surface area (Å²) in [4.78, 5) is 303. The minimum atomic E-state index is -2.27. The first kappa shape index (κ1) is 112. The summed E-state index contributed by atoms with van der Waals surface area (Å²) in [5.74, 6) is -28.6. The SMILES string of the molecule is C[C@H](NC(=O)[C@H](CO)NC(=O)[C@H](CCCNC(=N)N)NC(=O)[C@H](CCCNC(=N)N)NC(=O)[C@H](CCC(N)=O)NC(=O)[C@@H](N)CCCNC(=N)N)C(=O)N1CCC[C@H]1C(=O)N[C@@H](CCC(N)=O)C(=O)N[C@@H](CO)C(=O)N[C@@H](CO)C(=O)N[C@@H](CCC(=O)O)C(=O)N[C@@H](CC(=O)O)C(=O)N[C@@H](Cc1cnc[nH]1)C(=O)N[C@@H](CCC(N)=O)C(=O)N[C@@H](CC(N)=O)C(=O)N1CCC[C@H]1C(=O)O. The number of imidazole rings is 1. The van der Waals surface area contributed by atoms with Crippen LogP contribution in [0, 0.1) is 16.2 Å². The number of carboxylic acid groups (broad SMARTS) is 3. The third-order valence-electron chi connectivity index (χ3n) is 20.3. The van der Waals surface area contributed by atoms with Gasteiger partial charge in [0.2, 0.25) is 112 Å². The largest absolute Gasteiger partial charge is 0.481 e. The molecule has 3 heterocycles. The Labute approximate surface area is 757 Å². The maximum atomic E-state index is 14.3. The molecule has 133 heavy (non-hydrogen) atoms. The van der Waals surface area contributed by atoms with E-state index in [1.54, 1.807) is 0 Å². The number of hydrogen-bond donors (Lipinski definition) is 34. The van der Waals surface area contributed by atoms with Crippen LogP contribution in [0.2, 0.25) is 0 Å². The van der Waals surface area contributed by atoms with Gasteiger partial charge in [-0.05, 0) is 96.8 Å². The second kappa shape index (κ2) is 57.3. The van der Waals surface area contributed by atoms with Gasteiger partial charge in [-0.3, -0.25) is 117 Å². The Kier molecular flexibility index (Phi) is 48.4. The molecule has 0 saturated carbocycles. The fourth-order valence-corrected chi connectivity index (χ4v) is 13.4. The Bertz CT molecular complexity index is 4330. The van der Waals surface area contributed by atoms with Crippen molar-refractivity contribution in [1.82, 2.24) is 105 Å². The average molecular weight is 1890 g/mol. The minimum Gasteiger partial charge on any atom is -0.481 e. The fourth-order valence-electron chi connectivity index (χ4n) is 13.4. The van der Waals surface area contributed by atoms with Gasteiger partial charge in [0.1, 0.15) is 90.6 Å². The number of aromatic nitrogens is 2. The maximum Gasteiger partial charge on any atom is 0.326 e. The van der Waals surface area contributed by atoms with E-state index in [0.29, 0.717) is 0 Å². The van der Waals surface area contributed by atoms with E-state index < -0.39 is 329 Å². The molecule has 2 saturated heterocycles. The quantitative estimate of drug-likeness (QED) is 0.0164. The van der Waals surface area contributed by atoms with Crippen molar-refractivity contribution in [1.29, 1.82) is 16.2 Å². The number of nitrogens with zero attached hydrogens (tertiary/aromatic N) is 3. The van der Waals surface area contributed by atoms with Crippen molar-refractivity contribution in [3.05, 3.63) is 18.2 Å². The molecule has 740 valence electrons. The molecule has 59 nitrogen and oxygen atoms in total. The topological polar surface area (TPSA) is 1000 Å². The van der Waals surface area contributed by atoms with Gasteiger partial charge in [0.15, 0.2) is 17.9 Å². The standard InChI is InChI=1S/C74H121N31O28/c1-33(91-65(126)45(29-106)101-58(119)37(9-4-22-89-74(84)85)93-57(118)36(8-3-21-88-73(82)83)94-59(120)38(12-16-50(76)109)92-56(117)35(75)7-2-20-87-72(80)81)69(130)104-23-5-10-48(104)68(129)97-40(14-18-52(78)111)62(123)102-47(31-108)67(128)103-46(30-107)66(127)96-41(15-19-54(113)114)60(121)99-43(27-55(115)116)64(125)98-42(25-34-28-86-32-90-34)63(124)95-39(13-17-51(77)110)61(122)100-44(26-53(79)112)70(131)105-24-6-11-49(105)71(132)133/h28,32-33,35-49,106-108H,2-27,29-31,75H2,1H3,(H2,76,109)(H2,77,110)(H2,78,111)(H2,79,112)(H,86,90)(H,91,126)(H,92,117)(H,93,118)(H,94,120)(H,95,124)(H,96,127)(H,97,129)(H,98,125)(H,99,121)(H,100,122)(H,101,119)(H,102,123)(H,103,128)(H,113,114)(H,115,116)(H,132,133)(H4,80,81,87)(H4,82,83,88)(H4,84,85,89)/t33-,35-,36-,37-,38-,39-,40-,41-,42-,43-,44-,45-,46-,47-,48-,49-/m0/s1. The lowest BCUT2D eigenvalue weighted by atomic mass is 10.0. The molecule has 1 aromatic heterocycles. The first-order valence-electron chi connectivity index (χ1n) is 41.8. The molecule has 0 bridgehead atoms. The molecule has 16 atom stereocenters. The van der Waals surface area contributed by atoms with E-state index in [1.165, 1.54) is 0 Å². The third kappa shape index (κ3) is 40.8. The van der Waals surface area contributed by atoms with Gasteiger partial charge >= 0.3 is 17.9 Å². The number of H-pyrrole nitrogens is 1. The van der Waals surface area contributed by atoms with Crippen molar-refractivity contribution in [2.75, 3.05) is 52.5 Å². The van der Waals surface area contributed by atoms with Crippen LogP contribution in [0.1, 0.15) is 141 Å². The molecule has 0 spiro atoms. The molecule has 19 amide bonds. The van der Waals surface area contributed by atoms with Crippen molar-refractivity contribution in [2.45, 2.75) is 238 Å². The lowest BCUT2D eigenvalue weighted by molar-refractivity contribution is -0.149. The van der Waals surface area contributed by atoms with Crippen molar-refractivity contribution in [2.24, 2.45) is 45.9 Å². The minimum absolute atomic E-state index is 0.00510. The Morgan fingerprint density at radius 1 is 0.391 bits per heavy atom. The first-order valence-corrected chi connectivity index (χ1v) is 41.8. The van der Waals surface area contributed by atoms with E-state index in [2.05, 4.69) is 79.1 Å². The highest BCUT2D eigenvalue weighted by Gasteiger charge is 2.44. The Balaban J connectivity index is 1.85. The predicted molar refractivity (Wildman–Crippen MR) is 455 cm³/mol. The highest BCUT2D eigenvalue weighted by atomic mass is 16.4. The molecule has 59 heteroatoms. The zero-order chi connectivity index (χ0) is 100. The summed E-state index contributed by atoms with van der Waals surface area (Å²) >= 11 is 0. The second-order valence-corrected chi connectivity index (χ2v) is 30.8. The van der Waals surface area contributed by atoms with Crippen molar-refractivity contribution in [3.8, 4) is 0 Å². The molecule has 2 aliphatic rings. The van der Waals surface area contributed by atoms with Crippen LogP contribution in [0.3, 0.4) is 0 Å². The van der Waals surface area contributed by atoms with E-state index in [1.807, 2.05) is 16.0 Å². The summed E-state index contributed by atoms with van der Waals surface area (Å²) in [5, 5.41) is 120. The van der Waals surface area contributed by atoms with Gasteiger partial charge in [0.05, 0.1) is 45.0 Å². The number of nitrogens with two attached hydrogens (primary N) is 8. The van der Waals surface area contributed by atoms with Crippen LogP contribution in [0.5, 0.6) is 0 Å². The number of carbonyl (C=O) groups is 22. The number of aliphatic carboxylic acids is 3. The molecular formula is C74H121N31O28. The smallest absolute Gasteiger partial charge is 0.326 e. The fraction of sp³-hybridized carbons (Fsp3) is 0.622. The lowest BCUT2D eigenvalue weighted by Crippen LogP contribution is -2.62. The van der Waals surface area contributed by atoms with Crippen molar-refractivity contribution >= 4 is 148 Å². The number of rotatable bonds is 62. The summed E-state index contributed by atoms with van der Waals surface area (Å²) in [6.07, 6.45) is -5.91. The number of aromatic amines is 1. The average Bonchev–Trinajstić information content (AvgIpc) is 1.70. The monoisotopic (exact) mass is 1890 g/mol. The predicted octanol–water partition coefficient (Wildman–Crippen LogP) is -16.6. The highest BCUT2D eigenvalue weighted by Crippen LogP contribution is 2.22. The molecule has 0 unspecified atom stereocenters. The van der Waals surface area contributed by atoms with Gasteiger partial charge in [-0.1, -0.05) is 0 Å². The number of amides is 19. The Morgan fingerprint density at radius 2 is 0.722 bits per heavy atom. The zero-order valence-electron chi connectivity index (χ0n) is 72.5. The van der Waals surface area contributed by atoms with Crippen molar-refractivity contribution < 1.29 is 136 Å². The third-order valence-corrected chi connectivity index (χ3v) is 20.3. The molecular weight excluding hydrogens is 1770 g/mol. The Hall–Kier alpha value is -14.8. The number of carboxylic acids is 3. The van der Waals surface area contributed by atoms with Gasteiger partial charge in [-0.25, -0.2) is 9.78 Å². The molecule has 3 rings (SSSR count). The molecule has 0 aliphatic carbocycles. The summed E-state index contributed by atoms with van der Waals surface area (Å²) in [5.41, 5.74) is 43.8. The number of carbonyl (C=O) groups excluding carboxylic acids is 19. The molecule has 2 fully saturated rings. The molecule has 1 aromatic rings. The van der Waals surface area contributed by atoms with Crippen LogP contribution >= 0.6 is 0 Å². The second-order valence-electron chi connectivity index (χ2n) is 30.8. The van der Waals surface area contributed by atoms with E-state index in [4.69, 9.17) is 62.1 Å². The van der Waals surface area contributed by atoms with Crippen LogP contribution in [0.4, 0.5) is 0 Å². The van der Waals surface area contributed by atoms with Gasteiger partial charge in [-0.2, -0.15) is 0 Å². The number of hydrogen-bond acceptors (Lipinski definition) is 30. The van der Waals surface area contributed by atoms with Crippen LogP contribution in [0.15, 0.2) is 12.5 Å². The number of aliphatic hydroxyl groups is 3. The highest BCUT2D eigenvalue weighted by molar-refractivity contribution is 6.02. The summed E-state index contributed by atoms with van der Waals surface area (Å²) in [7, 11) is 0. The number of primary amides is 4. The molecule has 42 N–H and O–H groups in total. The molecule has 0 aromatic carbocycles. The van der Waals surface area contributed by atoms with E-state index in [0.717, 1.165) is 29.2 Å². The van der Waals surface area contributed by atoms with Crippen molar-refractivity contribution in [3.63, 3.8) is 0 Å². The van der Waals surface area contributed by atoms with Gasteiger partial charge in [0, 0.05) is 76.7 Å². The number of nitrogens with one attached hydrogen (secondary N) is 20. The molecule has 0 radical (unpaired) electrons. The first-order chi connectivity index (χ1) is 62.6. The van der Waals surface area contributed by atoms with Crippen LogP contribution < -0.4 is 131 Å². The summed E-state index contributed by atoms with van der Waals surface area (Å²) < 4.78 is 0. The zero-order valence-corrected chi connectivity index (χ0v) is 72.5. The van der Waals surface area contributed by atoms with Gasteiger partial charge in [-0.15, -0.1) is 0 Å². The van der Waals surface area contributed by atoms with E-state index in [9.17, 15) is 136 Å². The van der Waals surface area contributed by atoms with E-state index >= 15 is 0 Å². The normalized spacial score (nSPS) is 16.4. The summed E-state index contributed by atoms with van der Waals surface area (Å²) in [6.45, 7) is -2.99. The van der Waals surface area contributed by atoms with Gasteiger partial charge in [0.25, 0.3) is 0 Å². The van der Waals surface area contributed by atoms with Crippen LogP contribution in [-0.4, -0.2) is 348 Å². The number of guanidine groups is 3. The number of aliphatic hydroxyl groups excluding tert-OH is 3. The lowest BCUT2D eigenvalue weighted by Gasteiger charge is -2.30. The Morgan fingerprint density at radius 3 is 1.10 bits per heavy atom. The van der Waals surface area contributed by atoms with Gasteiger partial charge < -0.3 is 176 Å². The maximum absolute atomic E-state index is 14.3. The number of likely N-dealkylation sites (tertiary alicyclic amines) is 2. The van der Waals surface area contributed by atoms with Crippen LogP contribution in [0.25, 0.3) is 0 Å². The van der Waals surface area contributed by atoms with Crippen LogP contribution in [-0.2, 0) is 112 Å².